The third-order valence-electron chi connectivity index (χ3n) is 5.28. The largest absolute Gasteiger partial charge is 0.380 e. The maximum atomic E-state index is 12.8. The molecular formula is C18H27ClN2O2. The first-order valence-corrected chi connectivity index (χ1v) is 8.30. The molecule has 2 fully saturated rings. The van der Waals surface area contributed by atoms with Crippen LogP contribution in [0.2, 0.25) is 0 Å². The van der Waals surface area contributed by atoms with Gasteiger partial charge in [-0.2, -0.15) is 0 Å². The van der Waals surface area contributed by atoms with Crippen LogP contribution in [0.15, 0.2) is 24.3 Å². The first-order valence-electron chi connectivity index (χ1n) is 8.30. The molecule has 3 rings (SSSR count). The highest BCUT2D eigenvalue weighted by Crippen LogP contribution is 2.43. The van der Waals surface area contributed by atoms with Crippen molar-refractivity contribution < 1.29 is 9.53 Å². The summed E-state index contributed by atoms with van der Waals surface area (Å²) in [6, 6.07) is 8.25. The Morgan fingerprint density at radius 1 is 1.30 bits per heavy atom. The van der Waals surface area contributed by atoms with E-state index in [2.05, 4.69) is 34.9 Å². The molecule has 2 N–H and O–H groups in total. The third kappa shape index (κ3) is 3.87. The molecule has 0 aromatic heterocycles. The standard InChI is InChI=1S/C18H26N2O2.ClH/c1-22-12-15-7-5-14(6-8-15)10-20-17(21)18-9-3-2-4-16(18)11-19-13-18;/h5-8,16,19H,2-4,9-13H2,1H3,(H,20,21);1H/t16-,18+;/m0./s1. The lowest BCUT2D eigenvalue weighted by Gasteiger charge is -2.37. The Balaban J connectivity index is 0.00000192. The fourth-order valence-electron chi connectivity index (χ4n) is 3.97. The quantitative estimate of drug-likeness (QED) is 0.867. The molecule has 1 saturated heterocycles. The molecule has 0 radical (unpaired) electrons. The van der Waals surface area contributed by atoms with Gasteiger partial charge >= 0.3 is 0 Å². The lowest BCUT2D eigenvalue weighted by atomic mass is 9.67. The van der Waals surface area contributed by atoms with Crippen LogP contribution < -0.4 is 10.6 Å². The maximum absolute atomic E-state index is 12.8. The number of carbonyl (C=O) groups excluding carboxylic acids is 1. The molecule has 5 heteroatoms. The Labute approximate surface area is 144 Å². The van der Waals surface area contributed by atoms with Crippen molar-refractivity contribution in [3.8, 4) is 0 Å². The summed E-state index contributed by atoms with van der Waals surface area (Å²) in [4.78, 5) is 12.8. The molecule has 1 heterocycles. The van der Waals surface area contributed by atoms with Gasteiger partial charge in [-0.05, 0) is 36.4 Å². The Kier molecular flexibility index (Phi) is 6.45. The fraction of sp³-hybridized carbons (Fsp3) is 0.611. The number of hydrogen-bond donors (Lipinski definition) is 2. The third-order valence-corrected chi connectivity index (χ3v) is 5.28. The molecule has 1 saturated carbocycles. The Morgan fingerprint density at radius 3 is 2.78 bits per heavy atom. The number of benzene rings is 1. The van der Waals surface area contributed by atoms with Crippen molar-refractivity contribution in [2.45, 2.75) is 38.8 Å². The van der Waals surface area contributed by atoms with E-state index in [4.69, 9.17) is 4.74 Å². The minimum Gasteiger partial charge on any atom is -0.380 e. The summed E-state index contributed by atoms with van der Waals surface area (Å²) in [6.45, 7) is 3.08. The van der Waals surface area contributed by atoms with E-state index in [1.807, 2.05) is 0 Å². The van der Waals surface area contributed by atoms with Crippen LogP contribution in [0.25, 0.3) is 0 Å². The van der Waals surface area contributed by atoms with Crippen molar-refractivity contribution in [3.05, 3.63) is 35.4 Å². The van der Waals surface area contributed by atoms with Gasteiger partial charge in [0, 0.05) is 20.2 Å². The highest BCUT2D eigenvalue weighted by Gasteiger charge is 2.49. The number of hydrogen-bond acceptors (Lipinski definition) is 3. The van der Waals surface area contributed by atoms with E-state index in [0.29, 0.717) is 19.1 Å². The van der Waals surface area contributed by atoms with Crippen molar-refractivity contribution in [2.75, 3.05) is 20.2 Å². The van der Waals surface area contributed by atoms with Crippen LogP contribution in [0.5, 0.6) is 0 Å². The summed E-state index contributed by atoms with van der Waals surface area (Å²) in [5.41, 5.74) is 2.14. The molecule has 0 unspecified atom stereocenters. The number of rotatable bonds is 5. The fourth-order valence-corrected chi connectivity index (χ4v) is 3.97. The van der Waals surface area contributed by atoms with E-state index in [1.165, 1.54) is 19.3 Å². The predicted molar refractivity (Wildman–Crippen MR) is 93.5 cm³/mol. The van der Waals surface area contributed by atoms with Gasteiger partial charge in [0.05, 0.1) is 12.0 Å². The lowest BCUT2D eigenvalue weighted by molar-refractivity contribution is -0.134. The maximum Gasteiger partial charge on any atom is 0.228 e. The number of methoxy groups -OCH3 is 1. The number of amides is 1. The molecule has 1 aromatic carbocycles. The van der Waals surface area contributed by atoms with Crippen LogP contribution in [-0.2, 0) is 22.7 Å². The Morgan fingerprint density at radius 2 is 2.04 bits per heavy atom. The van der Waals surface area contributed by atoms with Crippen LogP contribution >= 0.6 is 12.4 Å². The van der Waals surface area contributed by atoms with E-state index >= 15 is 0 Å². The normalized spacial score (nSPS) is 26.2. The zero-order chi connectivity index (χ0) is 15.4. The van der Waals surface area contributed by atoms with Gasteiger partial charge in [0.15, 0.2) is 0 Å². The average molecular weight is 339 g/mol. The summed E-state index contributed by atoms with van der Waals surface area (Å²) >= 11 is 0. The number of halogens is 1. The molecule has 4 nitrogen and oxygen atoms in total. The van der Waals surface area contributed by atoms with E-state index < -0.39 is 0 Å². The zero-order valence-corrected chi connectivity index (χ0v) is 14.6. The van der Waals surface area contributed by atoms with Gasteiger partial charge in [0.25, 0.3) is 0 Å². The molecular weight excluding hydrogens is 312 g/mol. The lowest BCUT2D eigenvalue weighted by Crippen LogP contribution is -2.47. The molecule has 23 heavy (non-hydrogen) atoms. The number of carbonyl (C=O) groups is 1. The molecule has 1 aromatic rings. The summed E-state index contributed by atoms with van der Waals surface area (Å²) in [7, 11) is 1.70. The van der Waals surface area contributed by atoms with Crippen molar-refractivity contribution in [1.82, 2.24) is 10.6 Å². The van der Waals surface area contributed by atoms with E-state index in [0.717, 1.165) is 30.6 Å². The summed E-state index contributed by atoms with van der Waals surface area (Å²) in [5.74, 6) is 0.758. The SMILES string of the molecule is COCc1ccc(CNC(=O)[C@@]23CCCC[C@H]2CNC3)cc1.Cl. The van der Waals surface area contributed by atoms with Crippen LogP contribution in [0.4, 0.5) is 0 Å². The van der Waals surface area contributed by atoms with Crippen LogP contribution in [0.1, 0.15) is 36.8 Å². The van der Waals surface area contributed by atoms with Crippen LogP contribution in [0.3, 0.4) is 0 Å². The minimum absolute atomic E-state index is 0. The zero-order valence-electron chi connectivity index (χ0n) is 13.8. The smallest absolute Gasteiger partial charge is 0.228 e. The van der Waals surface area contributed by atoms with Crippen molar-refractivity contribution in [1.29, 1.82) is 0 Å². The molecule has 1 aliphatic heterocycles. The van der Waals surface area contributed by atoms with Gasteiger partial charge in [-0.1, -0.05) is 37.1 Å². The second-order valence-electron chi connectivity index (χ2n) is 6.66. The minimum atomic E-state index is -0.158. The van der Waals surface area contributed by atoms with Gasteiger partial charge in [-0.3, -0.25) is 4.79 Å². The molecule has 128 valence electrons. The molecule has 1 aliphatic carbocycles. The van der Waals surface area contributed by atoms with Gasteiger partial charge in [-0.15, -0.1) is 12.4 Å². The van der Waals surface area contributed by atoms with Crippen molar-refractivity contribution in [3.63, 3.8) is 0 Å². The van der Waals surface area contributed by atoms with Gasteiger partial charge in [0.2, 0.25) is 5.91 Å². The summed E-state index contributed by atoms with van der Waals surface area (Å²) in [6.07, 6.45) is 4.66. The highest BCUT2D eigenvalue weighted by atomic mass is 35.5. The molecule has 0 spiro atoms. The summed E-state index contributed by atoms with van der Waals surface area (Å²) in [5, 5.41) is 6.60. The Bertz CT molecular complexity index is 520. The number of fused-ring (bicyclic) bond motifs is 1. The molecule has 1 amide bonds. The topological polar surface area (TPSA) is 50.4 Å². The summed E-state index contributed by atoms with van der Waals surface area (Å²) < 4.78 is 5.12. The second-order valence-corrected chi connectivity index (χ2v) is 6.66. The molecule has 2 aliphatic rings. The van der Waals surface area contributed by atoms with E-state index in [1.54, 1.807) is 7.11 Å². The number of nitrogens with one attached hydrogen (secondary N) is 2. The monoisotopic (exact) mass is 338 g/mol. The average Bonchev–Trinajstić information content (AvgIpc) is 2.99. The van der Waals surface area contributed by atoms with Crippen LogP contribution in [0, 0.1) is 11.3 Å². The first-order chi connectivity index (χ1) is 10.7. The van der Waals surface area contributed by atoms with E-state index in [9.17, 15) is 4.79 Å². The van der Waals surface area contributed by atoms with Gasteiger partial charge < -0.3 is 15.4 Å². The second kappa shape index (κ2) is 8.13. The molecule has 0 bridgehead atoms. The van der Waals surface area contributed by atoms with Crippen molar-refractivity contribution in [2.24, 2.45) is 11.3 Å². The molecule has 2 atom stereocenters. The van der Waals surface area contributed by atoms with E-state index in [-0.39, 0.29) is 23.7 Å². The van der Waals surface area contributed by atoms with Crippen LogP contribution in [-0.4, -0.2) is 26.1 Å². The Hall–Kier alpha value is -1.10. The van der Waals surface area contributed by atoms with Crippen molar-refractivity contribution >= 4 is 18.3 Å². The van der Waals surface area contributed by atoms with Gasteiger partial charge in [-0.25, -0.2) is 0 Å². The first kappa shape index (κ1) is 18.2. The van der Waals surface area contributed by atoms with Gasteiger partial charge in [0.1, 0.15) is 0 Å². The number of ether oxygens (including phenoxy) is 1. The highest BCUT2D eigenvalue weighted by molar-refractivity contribution is 5.85. The predicted octanol–water partition coefficient (Wildman–Crippen LogP) is 2.65.